The van der Waals surface area contributed by atoms with Gasteiger partial charge in [0.25, 0.3) is 5.91 Å². The Labute approximate surface area is 181 Å². The van der Waals surface area contributed by atoms with Crippen molar-refractivity contribution in [3.63, 3.8) is 0 Å². The lowest BCUT2D eigenvalue weighted by atomic mass is 10.1. The fraction of sp³-hybridized carbons (Fsp3) is 0.167. The van der Waals surface area contributed by atoms with Gasteiger partial charge in [0.2, 0.25) is 5.91 Å². The summed E-state index contributed by atoms with van der Waals surface area (Å²) in [5.41, 5.74) is 1.96. The van der Waals surface area contributed by atoms with E-state index < -0.39 is 0 Å². The first-order valence-electron chi connectivity index (χ1n) is 9.72. The Morgan fingerprint density at radius 3 is 2.50 bits per heavy atom. The zero-order valence-electron chi connectivity index (χ0n) is 16.7. The summed E-state index contributed by atoms with van der Waals surface area (Å²) in [5.74, 6) is -0.395. The van der Waals surface area contributed by atoms with E-state index in [0.717, 1.165) is 5.56 Å². The van der Waals surface area contributed by atoms with Gasteiger partial charge in [-0.25, -0.2) is 0 Å². The van der Waals surface area contributed by atoms with Crippen LogP contribution in [0.3, 0.4) is 0 Å². The van der Waals surface area contributed by atoms with Gasteiger partial charge in [-0.1, -0.05) is 54.6 Å². The molecule has 2 aromatic carbocycles. The van der Waals surface area contributed by atoms with Gasteiger partial charge in [-0.2, -0.15) is 0 Å². The van der Waals surface area contributed by atoms with Gasteiger partial charge < -0.3 is 10.6 Å². The highest BCUT2D eigenvalue weighted by Gasteiger charge is 2.15. The minimum Gasteiger partial charge on any atom is -0.348 e. The summed E-state index contributed by atoms with van der Waals surface area (Å²) in [7, 11) is 0. The molecule has 1 aromatic heterocycles. The molecule has 1 heterocycles. The third-order valence-corrected chi connectivity index (χ3v) is 5.32. The lowest BCUT2D eigenvalue weighted by Crippen LogP contribution is -2.33. The van der Waals surface area contributed by atoms with Crippen LogP contribution in [0.15, 0.2) is 84.8 Å². The van der Waals surface area contributed by atoms with Crippen molar-refractivity contribution in [2.45, 2.75) is 13.1 Å². The Hall–Kier alpha value is -3.22. The Kier molecular flexibility index (Phi) is 7.94. The lowest BCUT2D eigenvalue weighted by molar-refractivity contribution is -0.117. The number of hydrogen-bond donors (Lipinski definition) is 2. The van der Waals surface area contributed by atoms with E-state index in [-0.39, 0.29) is 18.4 Å². The third-order valence-electron chi connectivity index (χ3n) is 4.46. The average Bonchev–Trinajstić information content (AvgIpc) is 3.26. The van der Waals surface area contributed by atoms with Crippen LogP contribution in [0.5, 0.6) is 0 Å². The highest BCUT2D eigenvalue weighted by Crippen LogP contribution is 2.16. The van der Waals surface area contributed by atoms with Crippen LogP contribution in [0.2, 0.25) is 0 Å². The summed E-state index contributed by atoms with van der Waals surface area (Å²) in [5, 5.41) is 7.81. The molecule has 154 valence electrons. The predicted molar refractivity (Wildman–Crippen MR) is 122 cm³/mol. The van der Waals surface area contributed by atoms with Crippen LogP contribution in [-0.2, 0) is 17.9 Å². The molecule has 0 aliphatic rings. The predicted octanol–water partition coefficient (Wildman–Crippen LogP) is 4.30. The number of thiophene rings is 1. The van der Waals surface area contributed by atoms with Gasteiger partial charge in [0, 0.05) is 24.5 Å². The number of carbonyl (C=O) groups excluding carboxylic acids is 2. The summed E-state index contributed by atoms with van der Waals surface area (Å²) in [6.45, 7) is 5.70. The van der Waals surface area contributed by atoms with E-state index in [1.165, 1.54) is 4.88 Å². The Balaban J connectivity index is 1.62. The molecule has 3 aromatic rings. The number of nitrogens with zero attached hydrogens (tertiary/aromatic N) is 1. The molecule has 5 nitrogen and oxygen atoms in total. The zero-order chi connectivity index (χ0) is 21.2. The molecule has 0 spiro atoms. The summed E-state index contributed by atoms with van der Waals surface area (Å²) in [6.07, 6.45) is 1.78. The van der Waals surface area contributed by atoms with Gasteiger partial charge in [0.1, 0.15) is 0 Å². The summed E-state index contributed by atoms with van der Waals surface area (Å²) >= 11 is 1.66. The van der Waals surface area contributed by atoms with Crippen LogP contribution in [-0.4, -0.2) is 29.8 Å². The van der Waals surface area contributed by atoms with Crippen molar-refractivity contribution in [2.75, 3.05) is 18.4 Å². The molecule has 3 rings (SSSR count). The minimum absolute atomic E-state index is 0.170. The molecule has 0 unspecified atom stereocenters. The van der Waals surface area contributed by atoms with Crippen molar-refractivity contribution in [3.8, 4) is 0 Å². The molecular weight excluding hydrogens is 394 g/mol. The highest BCUT2D eigenvalue weighted by molar-refractivity contribution is 7.09. The molecule has 2 amide bonds. The number of rotatable bonds is 10. The van der Waals surface area contributed by atoms with Gasteiger partial charge >= 0.3 is 0 Å². The molecule has 6 heteroatoms. The van der Waals surface area contributed by atoms with Crippen molar-refractivity contribution in [2.24, 2.45) is 0 Å². The molecule has 30 heavy (non-hydrogen) atoms. The van der Waals surface area contributed by atoms with Crippen LogP contribution in [0, 0.1) is 0 Å². The molecule has 0 bridgehead atoms. The number of anilines is 1. The normalized spacial score (nSPS) is 10.6. The summed E-state index contributed by atoms with van der Waals surface area (Å²) in [4.78, 5) is 28.5. The molecule has 0 radical (unpaired) electrons. The second kappa shape index (κ2) is 11.1. The quantitative estimate of drug-likeness (QED) is 0.482. The maximum atomic E-state index is 12.7. The SMILES string of the molecule is C=CCN(CC(=O)Nc1ccccc1C(=O)NCc1ccccc1)Cc1cccs1. The van der Waals surface area contributed by atoms with E-state index in [1.54, 1.807) is 41.7 Å². The highest BCUT2D eigenvalue weighted by atomic mass is 32.1. The van der Waals surface area contributed by atoms with Gasteiger partial charge in [-0.3, -0.25) is 14.5 Å². The second-order valence-corrected chi connectivity index (χ2v) is 7.83. The first kappa shape index (κ1) is 21.5. The van der Waals surface area contributed by atoms with Crippen molar-refractivity contribution in [1.82, 2.24) is 10.2 Å². The van der Waals surface area contributed by atoms with Crippen LogP contribution in [0.4, 0.5) is 5.69 Å². The van der Waals surface area contributed by atoms with Crippen molar-refractivity contribution >= 4 is 28.8 Å². The molecule has 0 aliphatic carbocycles. The van der Waals surface area contributed by atoms with E-state index in [0.29, 0.717) is 30.9 Å². The van der Waals surface area contributed by atoms with E-state index in [4.69, 9.17) is 0 Å². The standard InChI is InChI=1S/C24H25N3O2S/c1-2-14-27(17-20-11-8-15-30-20)18-23(28)26-22-13-7-6-12-21(22)24(29)25-16-19-9-4-3-5-10-19/h2-13,15H,1,14,16-18H2,(H,25,29)(H,26,28). The van der Waals surface area contributed by atoms with Crippen LogP contribution in [0.25, 0.3) is 0 Å². The third kappa shape index (κ3) is 6.40. The fourth-order valence-electron chi connectivity index (χ4n) is 3.05. The largest absolute Gasteiger partial charge is 0.348 e. The maximum Gasteiger partial charge on any atom is 0.253 e. The topological polar surface area (TPSA) is 61.4 Å². The van der Waals surface area contributed by atoms with Gasteiger partial charge in [-0.05, 0) is 29.1 Å². The number of carbonyl (C=O) groups is 2. The summed E-state index contributed by atoms with van der Waals surface area (Å²) < 4.78 is 0. The maximum absolute atomic E-state index is 12.7. The van der Waals surface area contributed by atoms with E-state index in [2.05, 4.69) is 17.2 Å². The molecule has 0 fully saturated rings. The molecule has 0 aliphatic heterocycles. The van der Waals surface area contributed by atoms with Crippen LogP contribution < -0.4 is 10.6 Å². The molecule has 2 N–H and O–H groups in total. The summed E-state index contributed by atoms with van der Waals surface area (Å²) in [6, 6.07) is 20.8. The first-order valence-corrected chi connectivity index (χ1v) is 10.6. The fourth-order valence-corrected chi connectivity index (χ4v) is 3.79. The van der Waals surface area contributed by atoms with E-state index in [9.17, 15) is 9.59 Å². The Morgan fingerprint density at radius 1 is 1.00 bits per heavy atom. The lowest BCUT2D eigenvalue weighted by Gasteiger charge is -2.20. The Morgan fingerprint density at radius 2 is 1.77 bits per heavy atom. The molecular formula is C24H25N3O2S. The minimum atomic E-state index is -0.226. The molecule has 0 saturated heterocycles. The Bertz CT molecular complexity index is 971. The number of amides is 2. The van der Waals surface area contributed by atoms with Crippen molar-refractivity contribution < 1.29 is 9.59 Å². The van der Waals surface area contributed by atoms with Crippen molar-refractivity contribution in [3.05, 3.63) is 101 Å². The van der Waals surface area contributed by atoms with Crippen molar-refractivity contribution in [1.29, 1.82) is 0 Å². The zero-order valence-corrected chi connectivity index (χ0v) is 17.5. The molecule has 0 saturated carbocycles. The average molecular weight is 420 g/mol. The van der Waals surface area contributed by atoms with Crippen LogP contribution >= 0.6 is 11.3 Å². The van der Waals surface area contributed by atoms with Gasteiger partial charge in [0.15, 0.2) is 0 Å². The van der Waals surface area contributed by atoms with Crippen LogP contribution in [0.1, 0.15) is 20.8 Å². The number of benzene rings is 2. The smallest absolute Gasteiger partial charge is 0.253 e. The second-order valence-electron chi connectivity index (χ2n) is 6.80. The number of nitrogens with one attached hydrogen (secondary N) is 2. The monoisotopic (exact) mass is 419 g/mol. The number of para-hydroxylation sites is 1. The van der Waals surface area contributed by atoms with Gasteiger partial charge in [-0.15, -0.1) is 17.9 Å². The number of hydrogen-bond acceptors (Lipinski definition) is 4. The van der Waals surface area contributed by atoms with E-state index >= 15 is 0 Å². The van der Waals surface area contributed by atoms with E-state index in [1.807, 2.05) is 52.7 Å². The first-order chi connectivity index (χ1) is 14.7. The van der Waals surface area contributed by atoms with Gasteiger partial charge in [0.05, 0.1) is 17.8 Å². The molecule has 0 atom stereocenters.